The van der Waals surface area contributed by atoms with Crippen molar-refractivity contribution >= 4 is 5.97 Å². The number of rotatable bonds is 2. The van der Waals surface area contributed by atoms with Crippen molar-refractivity contribution in [1.82, 2.24) is 0 Å². The number of hydrogen-bond donors (Lipinski definition) is 2. The number of halogens is 4. The average Bonchev–Trinajstić information content (AvgIpc) is 2.23. The fourth-order valence-corrected chi connectivity index (χ4v) is 2.42. The van der Waals surface area contributed by atoms with E-state index in [4.69, 9.17) is 10.8 Å². The fraction of sp³-hybridized carbons (Fsp3) is 0.417. The van der Waals surface area contributed by atoms with Crippen LogP contribution in [0.2, 0.25) is 0 Å². The molecule has 0 radical (unpaired) electrons. The normalized spacial score (nSPS) is 26.9. The summed E-state index contributed by atoms with van der Waals surface area (Å²) in [6.45, 7) is 0. The summed E-state index contributed by atoms with van der Waals surface area (Å²) in [6, 6.07) is 1.52. The van der Waals surface area contributed by atoms with Gasteiger partial charge < -0.3 is 10.8 Å². The zero-order valence-corrected chi connectivity index (χ0v) is 9.67. The van der Waals surface area contributed by atoms with E-state index >= 15 is 0 Å². The van der Waals surface area contributed by atoms with Gasteiger partial charge in [0.25, 0.3) is 0 Å². The molecule has 0 heterocycles. The van der Waals surface area contributed by atoms with Crippen LogP contribution in [0.4, 0.5) is 17.6 Å². The molecule has 0 aromatic heterocycles. The Bertz CT molecular complexity index is 521. The van der Waals surface area contributed by atoms with E-state index in [1.807, 2.05) is 0 Å². The maximum Gasteiger partial charge on any atom is 0.416 e. The van der Waals surface area contributed by atoms with E-state index in [0.29, 0.717) is 12.1 Å². The van der Waals surface area contributed by atoms with Crippen molar-refractivity contribution in [3.63, 3.8) is 0 Å². The van der Waals surface area contributed by atoms with Gasteiger partial charge in [-0.2, -0.15) is 13.2 Å². The van der Waals surface area contributed by atoms with Crippen LogP contribution < -0.4 is 5.73 Å². The van der Waals surface area contributed by atoms with Crippen LogP contribution in [0, 0.1) is 5.82 Å². The average molecular weight is 277 g/mol. The van der Waals surface area contributed by atoms with Gasteiger partial charge in [0.2, 0.25) is 0 Å². The smallest absolute Gasteiger partial charge is 0.416 e. The van der Waals surface area contributed by atoms with Crippen molar-refractivity contribution in [1.29, 1.82) is 0 Å². The minimum Gasteiger partial charge on any atom is -0.481 e. The van der Waals surface area contributed by atoms with Gasteiger partial charge in [0, 0.05) is 11.6 Å². The second-order valence-corrected chi connectivity index (χ2v) is 4.75. The molecule has 3 nitrogen and oxygen atoms in total. The number of carbonyl (C=O) groups is 1. The lowest BCUT2D eigenvalue weighted by atomic mass is 9.61. The highest BCUT2D eigenvalue weighted by molar-refractivity contribution is 5.83. The van der Waals surface area contributed by atoms with Crippen LogP contribution >= 0.6 is 0 Å². The molecule has 3 N–H and O–H groups in total. The molecule has 0 bridgehead atoms. The van der Waals surface area contributed by atoms with Crippen molar-refractivity contribution < 1.29 is 27.5 Å². The number of carboxylic acids is 1. The zero-order valence-electron chi connectivity index (χ0n) is 9.67. The van der Waals surface area contributed by atoms with Crippen molar-refractivity contribution in [2.24, 2.45) is 5.73 Å². The largest absolute Gasteiger partial charge is 0.481 e. The number of aliphatic carboxylic acids is 1. The number of nitrogens with two attached hydrogens (primary N) is 1. The van der Waals surface area contributed by atoms with E-state index in [-0.39, 0.29) is 24.4 Å². The molecule has 1 aromatic rings. The maximum atomic E-state index is 13.8. The van der Waals surface area contributed by atoms with Gasteiger partial charge in [-0.15, -0.1) is 0 Å². The molecule has 1 saturated carbocycles. The first-order valence-electron chi connectivity index (χ1n) is 5.53. The highest BCUT2D eigenvalue weighted by atomic mass is 19.4. The van der Waals surface area contributed by atoms with Gasteiger partial charge in [0.05, 0.1) is 11.0 Å². The van der Waals surface area contributed by atoms with Crippen LogP contribution in [0.5, 0.6) is 0 Å². The van der Waals surface area contributed by atoms with Crippen LogP contribution in [0.1, 0.15) is 24.0 Å². The van der Waals surface area contributed by atoms with Gasteiger partial charge in [-0.05, 0) is 25.0 Å². The molecule has 0 unspecified atom stereocenters. The molecule has 1 aliphatic rings. The Morgan fingerprint density at radius 2 is 1.95 bits per heavy atom. The quantitative estimate of drug-likeness (QED) is 0.815. The van der Waals surface area contributed by atoms with E-state index in [0.717, 1.165) is 6.07 Å². The van der Waals surface area contributed by atoms with Crippen LogP contribution in [0.3, 0.4) is 0 Å². The molecule has 0 saturated heterocycles. The van der Waals surface area contributed by atoms with E-state index < -0.39 is 28.9 Å². The standard InChI is InChI=1S/C12H11F4NO2/c13-9-3-6(12(14,15)16)1-2-8(9)11(10(18)19)4-7(17)5-11/h1-3,7H,4-5,17H2,(H,18,19). The summed E-state index contributed by atoms with van der Waals surface area (Å²) in [5, 5.41) is 9.16. The van der Waals surface area contributed by atoms with Gasteiger partial charge in [-0.3, -0.25) is 4.79 Å². The molecule has 1 aliphatic carbocycles. The lowest BCUT2D eigenvalue weighted by Gasteiger charge is -2.43. The molecule has 1 fully saturated rings. The van der Waals surface area contributed by atoms with E-state index in [2.05, 4.69) is 0 Å². The first kappa shape index (κ1) is 13.8. The summed E-state index contributed by atoms with van der Waals surface area (Å²) < 4.78 is 51.0. The molecular weight excluding hydrogens is 266 g/mol. The van der Waals surface area contributed by atoms with Gasteiger partial charge in [0.15, 0.2) is 0 Å². The molecule has 0 amide bonds. The van der Waals surface area contributed by atoms with Crippen LogP contribution in [0.15, 0.2) is 18.2 Å². The third kappa shape index (κ3) is 2.18. The molecule has 0 spiro atoms. The molecule has 0 aliphatic heterocycles. The molecule has 104 valence electrons. The fourth-order valence-electron chi connectivity index (χ4n) is 2.42. The first-order valence-corrected chi connectivity index (χ1v) is 5.53. The van der Waals surface area contributed by atoms with Crippen molar-refractivity contribution in [2.45, 2.75) is 30.5 Å². The second-order valence-electron chi connectivity index (χ2n) is 4.75. The molecule has 2 rings (SSSR count). The zero-order chi connectivity index (χ0) is 14.4. The molecule has 7 heteroatoms. The monoisotopic (exact) mass is 277 g/mol. The summed E-state index contributed by atoms with van der Waals surface area (Å²) in [6.07, 6.45) is -4.62. The number of hydrogen-bond acceptors (Lipinski definition) is 2. The minimum atomic E-state index is -4.66. The lowest BCUT2D eigenvalue weighted by molar-refractivity contribution is -0.148. The highest BCUT2D eigenvalue weighted by Gasteiger charge is 2.52. The van der Waals surface area contributed by atoms with Crippen molar-refractivity contribution in [3.8, 4) is 0 Å². The van der Waals surface area contributed by atoms with Gasteiger partial charge >= 0.3 is 12.1 Å². The highest BCUT2D eigenvalue weighted by Crippen LogP contribution is 2.45. The molecular formula is C12H11F4NO2. The van der Waals surface area contributed by atoms with Gasteiger partial charge in [-0.25, -0.2) is 4.39 Å². The second kappa shape index (κ2) is 4.19. The van der Waals surface area contributed by atoms with Gasteiger partial charge in [0.1, 0.15) is 5.82 Å². The van der Waals surface area contributed by atoms with Crippen LogP contribution in [0.25, 0.3) is 0 Å². The van der Waals surface area contributed by atoms with E-state index in [1.54, 1.807) is 0 Å². The molecule has 19 heavy (non-hydrogen) atoms. The lowest BCUT2D eigenvalue weighted by Crippen LogP contribution is -2.54. The Morgan fingerprint density at radius 1 is 1.37 bits per heavy atom. The SMILES string of the molecule is NC1CC(C(=O)O)(c2ccc(C(F)(F)F)cc2F)C1. The Hall–Kier alpha value is -1.63. The minimum absolute atomic E-state index is 0.0185. The summed E-state index contributed by atoms with van der Waals surface area (Å²) >= 11 is 0. The van der Waals surface area contributed by atoms with Crippen LogP contribution in [-0.4, -0.2) is 17.1 Å². The van der Waals surface area contributed by atoms with Crippen molar-refractivity contribution in [2.75, 3.05) is 0 Å². The third-order valence-electron chi connectivity index (χ3n) is 3.44. The summed E-state index contributed by atoms with van der Waals surface area (Å²) in [4.78, 5) is 11.2. The number of benzene rings is 1. The molecule has 0 atom stereocenters. The Balaban J connectivity index is 2.44. The van der Waals surface area contributed by atoms with E-state index in [9.17, 15) is 22.4 Å². The van der Waals surface area contributed by atoms with Crippen molar-refractivity contribution in [3.05, 3.63) is 35.1 Å². The van der Waals surface area contributed by atoms with Crippen LogP contribution in [-0.2, 0) is 16.4 Å². The topological polar surface area (TPSA) is 63.3 Å². The Labute approximate surface area is 106 Å². The number of carboxylic acid groups (broad SMARTS) is 1. The predicted octanol–water partition coefficient (Wildman–Crippen LogP) is 2.29. The maximum absolute atomic E-state index is 13.8. The van der Waals surface area contributed by atoms with Gasteiger partial charge in [-0.1, -0.05) is 6.07 Å². The Morgan fingerprint density at radius 3 is 2.32 bits per heavy atom. The summed E-state index contributed by atoms with van der Waals surface area (Å²) in [7, 11) is 0. The summed E-state index contributed by atoms with van der Waals surface area (Å²) in [5.74, 6) is -2.43. The molecule has 1 aromatic carbocycles. The van der Waals surface area contributed by atoms with E-state index in [1.165, 1.54) is 0 Å². The third-order valence-corrected chi connectivity index (χ3v) is 3.44. The number of alkyl halides is 3. The Kier molecular flexibility index (Phi) is 3.04. The predicted molar refractivity (Wildman–Crippen MR) is 57.9 cm³/mol. The first-order chi connectivity index (χ1) is 8.67. The summed E-state index contributed by atoms with van der Waals surface area (Å²) in [5.41, 5.74) is 2.62.